The molecule has 0 aliphatic carbocycles. The van der Waals surface area contributed by atoms with Crippen molar-refractivity contribution in [1.82, 2.24) is 20.0 Å². The van der Waals surface area contributed by atoms with E-state index < -0.39 is 11.9 Å². The number of fused-ring (bicyclic) bond motifs is 1. The fourth-order valence-corrected chi connectivity index (χ4v) is 3.03. The number of hydrogen-bond donors (Lipinski definition) is 0. The van der Waals surface area contributed by atoms with Crippen LogP contribution < -0.4 is 4.90 Å². The molecule has 0 saturated carbocycles. The SMILES string of the molecule is FC(F)(F)c1ccnc(N2CCN(Cc3noc4ccccc34)CC2)n1. The Labute approximate surface area is 147 Å². The highest BCUT2D eigenvalue weighted by Gasteiger charge is 2.33. The Morgan fingerprint density at radius 1 is 1.04 bits per heavy atom. The summed E-state index contributed by atoms with van der Waals surface area (Å²) < 4.78 is 43.7. The third kappa shape index (κ3) is 3.34. The van der Waals surface area contributed by atoms with Gasteiger partial charge in [-0.25, -0.2) is 9.97 Å². The molecule has 2 aromatic heterocycles. The van der Waals surface area contributed by atoms with Gasteiger partial charge in [0.15, 0.2) is 5.58 Å². The molecule has 0 amide bonds. The summed E-state index contributed by atoms with van der Waals surface area (Å²) in [5.41, 5.74) is 0.696. The Hall–Kier alpha value is -2.68. The summed E-state index contributed by atoms with van der Waals surface area (Å²) in [4.78, 5) is 11.6. The van der Waals surface area contributed by atoms with Crippen LogP contribution in [0, 0.1) is 0 Å². The van der Waals surface area contributed by atoms with E-state index in [0.29, 0.717) is 32.7 Å². The van der Waals surface area contributed by atoms with Crippen LogP contribution in [0.1, 0.15) is 11.4 Å². The number of anilines is 1. The number of para-hydroxylation sites is 1. The van der Waals surface area contributed by atoms with E-state index >= 15 is 0 Å². The minimum absolute atomic E-state index is 0.117. The minimum atomic E-state index is -4.46. The Bertz CT molecular complexity index is 903. The third-order valence-corrected chi connectivity index (χ3v) is 4.41. The maximum Gasteiger partial charge on any atom is 0.433 e. The van der Waals surface area contributed by atoms with E-state index in [0.717, 1.165) is 28.9 Å². The lowest BCUT2D eigenvalue weighted by atomic mass is 10.2. The molecule has 1 saturated heterocycles. The van der Waals surface area contributed by atoms with Gasteiger partial charge < -0.3 is 9.42 Å². The summed E-state index contributed by atoms with van der Waals surface area (Å²) in [7, 11) is 0. The van der Waals surface area contributed by atoms with E-state index in [1.807, 2.05) is 24.3 Å². The van der Waals surface area contributed by atoms with E-state index in [1.165, 1.54) is 0 Å². The van der Waals surface area contributed by atoms with Crippen LogP contribution in [0.5, 0.6) is 0 Å². The third-order valence-electron chi connectivity index (χ3n) is 4.41. The summed E-state index contributed by atoms with van der Waals surface area (Å²) in [5, 5.41) is 5.11. The molecule has 1 aliphatic rings. The zero-order chi connectivity index (χ0) is 18.1. The molecule has 26 heavy (non-hydrogen) atoms. The number of halogens is 3. The van der Waals surface area contributed by atoms with Crippen LogP contribution in [0.15, 0.2) is 41.1 Å². The first kappa shape index (κ1) is 16.8. The van der Waals surface area contributed by atoms with Gasteiger partial charge in [0.1, 0.15) is 11.4 Å². The Morgan fingerprint density at radius 3 is 2.58 bits per heavy atom. The number of benzene rings is 1. The first-order valence-electron chi connectivity index (χ1n) is 8.21. The van der Waals surface area contributed by atoms with Crippen molar-refractivity contribution in [1.29, 1.82) is 0 Å². The number of nitrogens with zero attached hydrogens (tertiary/aromatic N) is 5. The van der Waals surface area contributed by atoms with Gasteiger partial charge in [-0.2, -0.15) is 13.2 Å². The second kappa shape index (κ2) is 6.56. The molecular weight excluding hydrogens is 347 g/mol. The lowest BCUT2D eigenvalue weighted by molar-refractivity contribution is -0.141. The largest absolute Gasteiger partial charge is 0.433 e. The number of piperazine rings is 1. The maximum absolute atomic E-state index is 12.8. The first-order chi connectivity index (χ1) is 12.5. The summed E-state index contributed by atoms with van der Waals surface area (Å²) in [5.74, 6) is 0.117. The predicted octanol–water partition coefficient (Wildman–Crippen LogP) is 2.96. The van der Waals surface area contributed by atoms with Gasteiger partial charge in [-0.1, -0.05) is 17.3 Å². The number of alkyl halides is 3. The lowest BCUT2D eigenvalue weighted by Gasteiger charge is -2.34. The molecule has 6 nitrogen and oxygen atoms in total. The van der Waals surface area contributed by atoms with E-state index in [4.69, 9.17) is 4.52 Å². The Kier molecular flexibility index (Phi) is 4.23. The second-order valence-corrected chi connectivity index (χ2v) is 6.13. The molecule has 0 spiro atoms. The molecule has 0 radical (unpaired) electrons. The summed E-state index contributed by atoms with van der Waals surface area (Å²) in [6, 6.07) is 8.55. The van der Waals surface area contributed by atoms with Crippen LogP contribution in [0.4, 0.5) is 19.1 Å². The van der Waals surface area contributed by atoms with Crippen LogP contribution in [0.3, 0.4) is 0 Å². The van der Waals surface area contributed by atoms with Crippen molar-refractivity contribution in [2.75, 3.05) is 31.1 Å². The molecule has 136 valence electrons. The summed E-state index contributed by atoms with van der Waals surface area (Å²) >= 11 is 0. The highest BCUT2D eigenvalue weighted by molar-refractivity contribution is 5.79. The molecule has 9 heteroatoms. The molecule has 0 unspecified atom stereocenters. The zero-order valence-electron chi connectivity index (χ0n) is 13.8. The fraction of sp³-hybridized carbons (Fsp3) is 0.353. The topological polar surface area (TPSA) is 58.3 Å². The molecule has 3 heterocycles. The highest BCUT2D eigenvalue weighted by Crippen LogP contribution is 2.28. The molecule has 1 fully saturated rings. The maximum atomic E-state index is 12.8. The van der Waals surface area contributed by atoms with Gasteiger partial charge in [0.05, 0.1) is 0 Å². The van der Waals surface area contributed by atoms with E-state index in [-0.39, 0.29) is 5.95 Å². The molecular formula is C17H16F3N5O. The first-order valence-corrected chi connectivity index (χ1v) is 8.21. The van der Waals surface area contributed by atoms with Crippen LogP contribution in [0.25, 0.3) is 11.0 Å². The van der Waals surface area contributed by atoms with E-state index in [2.05, 4.69) is 20.0 Å². The van der Waals surface area contributed by atoms with Gasteiger partial charge >= 0.3 is 6.18 Å². The summed E-state index contributed by atoms with van der Waals surface area (Å²) in [6.07, 6.45) is -3.31. The molecule has 0 atom stereocenters. The van der Waals surface area contributed by atoms with Gasteiger partial charge in [0, 0.05) is 44.3 Å². The smallest absolute Gasteiger partial charge is 0.356 e. The van der Waals surface area contributed by atoms with Crippen LogP contribution >= 0.6 is 0 Å². The number of hydrogen-bond acceptors (Lipinski definition) is 6. The zero-order valence-corrected chi connectivity index (χ0v) is 13.8. The van der Waals surface area contributed by atoms with Crippen molar-refractivity contribution < 1.29 is 17.7 Å². The highest BCUT2D eigenvalue weighted by atomic mass is 19.4. The van der Waals surface area contributed by atoms with Crippen molar-refractivity contribution in [3.05, 3.63) is 47.9 Å². The average molecular weight is 363 g/mol. The molecule has 1 aromatic carbocycles. The van der Waals surface area contributed by atoms with Gasteiger partial charge in [-0.05, 0) is 18.2 Å². The molecule has 1 aliphatic heterocycles. The Balaban J connectivity index is 1.41. The lowest BCUT2D eigenvalue weighted by Crippen LogP contribution is -2.46. The summed E-state index contributed by atoms with van der Waals surface area (Å²) in [6.45, 7) is 3.10. The quantitative estimate of drug-likeness (QED) is 0.713. The average Bonchev–Trinajstić information content (AvgIpc) is 3.05. The normalized spacial score (nSPS) is 16.3. The Morgan fingerprint density at radius 2 is 1.81 bits per heavy atom. The van der Waals surface area contributed by atoms with Crippen molar-refractivity contribution in [2.45, 2.75) is 12.7 Å². The minimum Gasteiger partial charge on any atom is -0.356 e. The predicted molar refractivity (Wildman–Crippen MR) is 88.5 cm³/mol. The van der Waals surface area contributed by atoms with Gasteiger partial charge in [0.2, 0.25) is 5.95 Å². The van der Waals surface area contributed by atoms with Crippen molar-refractivity contribution in [2.24, 2.45) is 0 Å². The van der Waals surface area contributed by atoms with Crippen molar-refractivity contribution >= 4 is 16.9 Å². The standard InChI is InChI=1S/C17H16F3N5O/c18-17(19,20)15-5-6-21-16(22-15)25-9-7-24(8-10-25)11-13-12-3-1-2-4-14(12)26-23-13/h1-6H,7-11H2. The number of rotatable bonds is 3. The fourth-order valence-electron chi connectivity index (χ4n) is 3.03. The van der Waals surface area contributed by atoms with Crippen LogP contribution in [0.2, 0.25) is 0 Å². The molecule has 3 aromatic rings. The van der Waals surface area contributed by atoms with Crippen LogP contribution in [-0.4, -0.2) is 46.2 Å². The number of aromatic nitrogens is 3. The monoisotopic (exact) mass is 363 g/mol. The molecule has 0 N–H and O–H groups in total. The van der Waals surface area contributed by atoms with Gasteiger partial charge in [-0.3, -0.25) is 4.90 Å². The van der Waals surface area contributed by atoms with Gasteiger partial charge in [-0.15, -0.1) is 0 Å². The van der Waals surface area contributed by atoms with Crippen molar-refractivity contribution in [3.63, 3.8) is 0 Å². The van der Waals surface area contributed by atoms with Crippen LogP contribution in [-0.2, 0) is 12.7 Å². The van der Waals surface area contributed by atoms with Crippen molar-refractivity contribution in [3.8, 4) is 0 Å². The molecule has 4 rings (SSSR count). The van der Waals surface area contributed by atoms with Gasteiger partial charge in [0.25, 0.3) is 0 Å². The van der Waals surface area contributed by atoms with E-state index in [1.54, 1.807) is 4.90 Å². The molecule has 0 bridgehead atoms. The van der Waals surface area contributed by atoms with E-state index in [9.17, 15) is 13.2 Å². The second-order valence-electron chi connectivity index (χ2n) is 6.13.